The minimum atomic E-state index is -0.332. The predicted molar refractivity (Wildman–Crippen MR) is 81.3 cm³/mol. The summed E-state index contributed by atoms with van der Waals surface area (Å²) in [5.74, 6) is -0.0642. The lowest BCUT2D eigenvalue weighted by atomic mass is 10.2. The Bertz CT molecular complexity index is 424. The standard InChI is InChI=1S/C14H21BrN2O2/c1-3-12(18)6-7-16-14(19)9-17-13-5-4-11(15)8-10(13)2/h4-5,8,12,17-18H,3,6-7,9H2,1-2H3,(H,16,19)/t12-/m0/s1. The van der Waals surface area contributed by atoms with E-state index in [4.69, 9.17) is 0 Å². The smallest absolute Gasteiger partial charge is 0.239 e. The fraction of sp³-hybridized carbons (Fsp3) is 0.500. The topological polar surface area (TPSA) is 61.4 Å². The minimum Gasteiger partial charge on any atom is -0.393 e. The molecule has 0 bridgehead atoms. The molecule has 0 aliphatic carbocycles. The number of aliphatic hydroxyl groups excluding tert-OH is 1. The van der Waals surface area contributed by atoms with Gasteiger partial charge in [0, 0.05) is 16.7 Å². The van der Waals surface area contributed by atoms with Gasteiger partial charge in [0.25, 0.3) is 0 Å². The van der Waals surface area contributed by atoms with Crippen LogP contribution in [0.1, 0.15) is 25.3 Å². The highest BCUT2D eigenvalue weighted by Crippen LogP contribution is 2.19. The van der Waals surface area contributed by atoms with Crippen LogP contribution in [-0.4, -0.2) is 30.2 Å². The molecule has 4 nitrogen and oxygen atoms in total. The molecule has 0 radical (unpaired) electrons. The summed E-state index contributed by atoms with van der Waals surface area (Å²) in [5, 5.41) is 15.2. The summed E-state index contributed by atoms with van der Waals surface area (Å²) >= 11 is 3.40. The van der Waals surface area contributed by atoms with Gasteiger partial charge in [-0.15, -0.1) is 0 Å². The highest BCUT2D eigenvalue weighted by molar-refractivity contribution is 9.10. The highest BCUT2D eigenvalue weighted by atomic mass is 79.9. The number of benzene rings is 1. The number of aliphatic hydroxyl groups is 1. The van der Waals surface area contributed by atoms with Gasteiger partial charge in [-0.25, -0.2) is 0 Å². The maximum absolute atomic E-state index is 11.6. The fourth-order valence-corrected chi connectivity index (χ4v) is 2.12. The molecule has 0 aliphatic rings. The minimum absolute atomic E-state index is 0.0642. The first-order valence-electron chi connectivity index (χ1n) is 6.47. The van der Waals surface area contributed by atoms with E-state index in [-0.39, 0.29) is 18.6 Å². The van der Waals surface area contributed by atoms with Gasteiger partial charge in [-0.2, -0.15) is 0 Å². The number of nitrogens with one attached hydrogen (secondary N) is 2. The van der Waals surface area contributed by atoms with E-state index in [9.17, 15) is 9.90 Å². The first-order valence-corrected chi connectivity index (χ1v) is 7.27. The van der Waals surface area contributed by atoms with Crippen LogP contribution >= 0.6 is 15.9 Å². The van der Waals surface area contributed by atoms with E-state index in [0.29, 0.717) is 19.4 Å². The Labute approximate surface area is 122 Å². The number of carbonyl (C=O) groups is 1. The van der Waals surface area contributed by atoms with E-state index in [1.165, 1.54) is 0 Å². The molecule has 0 saturated carbocycles. The van der Waals surface area contributed by atoms with Gasteiger partial charge < -0.3 is 15.7 Å². The molecule has 106 valence electrons. The van der Waals surface area contributed by atoms with E-state index in [0.717, 1.165) is 15.7 Å². The molecule has 1 aromatic rings. The summed E-state index contributed by atoms with van der Waals surface area (Å²) in [7, 11) is 0. The second-order valence-electron chi connectivity index (χ2n) is 4.51. The van der Waals surface area contributed by atoms with Crippen molar-refractivity contribution in [3.05, 3.63) is 28.2 Å². The van der Waals surface area contributed by atoms with Gasteiger partial charge in [-0.3, -0.25) is 4.79 Å². The zero-order valence-corrected chi connectivity index (χ0v) is 13.0. The van der Waals surface area contributed by atoms with Gasteiger partial charge in [-0.05, 0) is 43.5 Å². The third-order valence-electron chi connectivity index (χ3n) is 2.90. The molecule has 0 aromatic heterocycles. The van der Waals surface area contributed by atoms with Gasteiger partial charge in [0.1, 0.15) is 0 Å². The lowest BCUT2D eigenvalue weighted by Gasteiger charge is -2.11. The summed E-state index contributed by atoms with van der Waals surface area (Å²) in [6, 6.07) is 5.87. The zero-order chi connectivity index (χ0) is 14.3. The largest absolute Gasteiger partial charge is 0.393 e. The van der Waals surface area contributed by atoms with Gasteiger partial charge in [0.2, 0.25) is 5.91 Å². The molecule has 0 heterocycles. The molecule has 0 aliphatic heterocycles. The summed E-state index contributed by atoms with van der Waals surface area (Å²) < 4.78 is 1.02. The van der Waals surface area contributed by atoms with Crippen LogP contribution in [0.3, 0.4) is 0 Å². The van der Waals surface area contributed by atoms with Crippen molar-refractivity contribution in [3.8, 4) is 0 Å². The number of amides is 1. The average molecular weight is 329 g/mol. The number of carbonyl (C=O) groups excluding carboxylic acids is 1. The second-order valence-corrected chi connectivity index (χ2v) is 5.43. The molecular formula is C14H21BrN2O2. The third-order valence-corrected chi connectivity index (χ3v) is 3.39. The van der Waals surface area contributed by atoms with Crippen LogP contribution in [0, 0.1) is 6.92 Å². The molecular weight excluding hydrogens is 308 g/mol. The summed E-state index contributed by atoms with van der Waals surface area (Å²) in [5.41, 5.74) is 2.04. The fourth-order valence-electron chi connectivity index (χ4n) is 1.65. The Kier molecular flexibility index (Phi) is 6.87. The van der Waals surface area contributed by atoms with Gasteiger partial charge in [0.15, 0.2) is 0 Å². The molecule has 3 N–H and O–H groups in total. The molecule has 1 rings (SSSR count). The van der Waals surface area contributed by atoms with Crippen molar-refractivity contribution in [1.29, 1.82) is 0 Å². The van der Waals surface area contributed by atoms with Crippen LogP contribution in [0.4, 0.5) is 5.69 Å². The van der Waals surface area contributed by atoms with E-state index < -0.39 is 0 Å². The Morgan fingerprint density at radius 2 is 2.21 bits per heavy atom. The van der Waals surface area contributed by atoms with Crippen LogP contribution in [0.25, 0.3) is 0 Å². The van der Waals surface area contributed by atoms with E-state index in [2.05, 4.69) is 26.6 Å². The number of rotatable bonds is 7. The molecule has 5 heteroatoms. The number of hydrogen-bond donors (Lipinski definition) is 3. The van der Waals surface area contributed by atoms with Crippen LogP contribution < -0.4 is 10.6 Å². The number of halogens is 1. The second kappa shape index (κ2) is 8.17. The normalized spacial score (nSPS) is 12.0. The molecule has 0 unspecified atom stereocenters. The van der Waals surface area contributed by atoms with Crippen LogP contribution in [0.15, 0.2) is 22.7 Å². The molecule has 0 spiro atoms. The monoisotopic (exact) mass is 328 g/mol. The Morgan fingerprint density at radius 1 is 1.47 bits per heavy atom. The first kappa shape index (κ1) is 16.0. The summed E-state index contributed by atoms with van der Waals surface area (Å²) in [4.78, 5) is 11.6. The summed E-state index contributed by atoms with van der Waals surface area (Å²) in [6.45, 7) is 4.66. The van der Waals surface area contributed by atoms with Gasteiger partial charge in [0.05, 0.1) is 12.6 Å². The third kappa shape index (κ3) is 6.07. The quantitative estimate of drug-likeness (QED) is 0.720. The van der Waals surface area contributed by atoms with E-state index in [1.54, 1.807) is 0 Å². The SMILES string of the molecule is CC[C@H](O)CCNC(=O)CNc1ccc(Br)cc1C. The van der Waals surface area contributed by atoms with Crippen LogP contribution in [-0.2, 0) is 4.79 Å². The maximum Gasteiger partial charge on any atom is 0.239 e. The Morgan fingerprint density at radius 3 is 2.84 bits per heavy atom. The molecule has 1 aromatic carbocycles. The molecule has 1 amide bonds. The van der Waals surface area contributed by atoms with Crippen molar-refractivity contribution in [1.82, 2.24) is 5.32 Å². The number of aryl methyl sites for hydroxylation is 1. The van der Waals surface area contributed by atoms with Gasteiger partial charge >= 0.3 is 0 Å². The van der Waals surface area contributed by atoms with Crippen molar-refractivity contribution >= 4 is 27.5 Å². The molecule has 0 fully saturated rings. The van der Waals surface area contributed by atoms with Crippen molar-refractivity contribution < 1.29 is 9.90 Å². The first-order chi connectivity index (χ1) is 9.02. The molecule has 1 atom stereocenters. The Hall–Kier alpha value is -1.07. The van der Waals surface area contributed by atoms with Crippen LogP contribution in [0.2, 0.25) is 0 Å². The predicted octanol–water partition coefficient (Wildman–Crippen LogP) is 2.45. The summed E-state index contributed by atoms with van der Waals surface area (Å²) in [6.07, 6.45) is 0.980. The van der Waals surface area contributed by atoms with Crippen molar-refractivity contribution in [2.24, 2.45) is 0 Å². The van der Waals surface area contributed by atoms with Crippen LogP contribution in [0.5, 0.6) is 0 Å². The highest BCUT2D eigenvalue weighted by Gasteiger charge is 2.05. The van der Waals surface area contributed by atoms with Crippen molar-refractivity contribution in [2.75, 3.05) is 18.4 Å². The number of anilines is 1. The number of hydrogen-bond acceptors (Lipinski definition) is 3. The maximum atomic E-state index is 11.6. The van der Waals surface area contributed by atoms with E-state index >= 15 is 0 Å². The Balaban J connectivity index is 2.30. The van der Waals surface area contributed by atoms with Crippen molar-refractivity contribution in [2.45, 2.75) is 32.8 Å². The average Bonchev–Trinajstić information content (AvgIpc) is 2.37. The lowest BCUT2D eigenvalue weighted by molar-refractivity contribution is -0.119. The van der Waals surface area contributed by atoms with Crippen molar-refractivity contribution in [3.63, 3.8) is 0 Å². The molecule has 0 saturated heterocycles. The van der Waals surface area contributed by atoms with Gasteiger partial charge in [-0.1, -0.05) is 22.9 Å². The van der Waals surface area contributed by atoms with E-state index in [1.807, 2.05) is 32.0 Å². The lowest BCUT2D eigenvalue weighted by Crippen LogP contribution is -2.32. The zero-order valence-electron chi connectivity index (χ0n) is 11.4. The molecule has 19 heavy (non-hydrogen) atoms.